The SMILES string of the molecule is CC(C)C1OC2(CCCCCCC2)NCC1(C)C. The average molecular weight is 253 g/mol. The standard InChI is InChI=1S/C16H31NO/c1-13(2)14-15(3,4)12-17-16(18-14)10-8-6-5-7-9-11-16/h13-14,17H,5-12H2,1-4H3. The van der Waals surface area contributed by atoms with Crippen molar-refractivity contribution in [2.24, 2.45) is 11.3 Å². The van der Waals surface area contributed by atoms with Crippen LogP contribution in [0.5, 0.6) is 0 Å². The van der Waals surface area contributed by atoms with E-state index in [1.807, 2.05) is 0 Å². The van der Waals surface area contributed by atoms with Crippen LogP contribution in [0, 0.1) is 11.3 Å². The smallest absolute Gasteiger partial charge is 0.119 e. The molecule has 18 heavy (non-hydrogen) atoms. The summed E-state index contributed by atoms with van der Waals surface area (Å²) in [6, 6.07) is 0. The highest BCUT2D eigenvalue weighted by molar-refractivity contribution is 4.95. The summed E-state index contributed by atoms with van der Waals surface area (Å²) < 4.78 is 6.62. The van der Waals surface area contributed by atoms with Gasteiger partial charge in [0.1, 0.15) is 5.72 Å². The number of ether oxygens (including phenoxy) is 1. The Balaban J connectivity index is 2.09. The summed E-state index contributed by atoms with van der Waals surface area (Å²) in [6.45, 7) is 10.4. The first kappa shape index (κ1) is 14.3. The molecule has 0 bridgehead atoms. The highest BCUT2D eigenvalue weighted by Crippen LogP contribution is 2.40. The lowest BCUT2D eigenvalue weighted by molar-refractivity contribution is -0.211. The Bertz CT molecular complexity index is 264. The van der Waals surface area contributed by atoms with E-state index in [-0.39, 0.29) is 11.1 Å². The average Bonchev–Trinajstić information content (AvgIpc) is 2.26. The molecule has 2 nitrogen and oxygen atoms in total. The van der Waals surface area contributed by atoms with Gasteiger partial charge in [0.05, 0.1) is 6.10 Å². The van der Waals surface area contributed by atoms with Crippen LogP contribution < -0.4 is 5.32 Å². The number of hydrogen-bond acceptors (Lipinski definition) is 2. The summed E-state index contributed by atoms with van der Waals surface area (Å²) in [5.41, 5.74) is 0.243. The second-order valence-electron chi connectivity index (χ2n) is 7.39. The molecule has 0 amide bonds. The highest BCUT2D eigenvalue weighted by atomic mass is 16.5. The van der Waals surface area contributed by atoms with E-state index < -0.39 is 0 Å². The van der Waals surface area contributed by atoms with Crippen LogP contribution in [0.15, 0.2) is 0 Å². The van der Waals surface area contributed by atoms with Gasteiger partial charge in [-0.05, 0) is 31.6 Å². The van der Waals surface area contributed by atoms with Gasteiger partial charge in [-0.1, -0.05) is 47.0 Å². The van der Waals surface area contributed by atoms with Crippen LogP contribution >= 0.6 is 0 Å². The molecule has 1 N–H and O–H groups in total. The zero-order valence-electron chi connectivity index (χ0n) is 12.7. The third-order valence-electron chi connectivity index (χ3n) is 4.76. The molecule has 1 aliphatic carbocycles. The van der Waals surface area contributed by atoms with Gasteiger partial charge in [-0.25, -0.2) is 0 Å². The molecular formula is C16H31NO. The lowest BCUT2D eigenvalue weighted by Gasteiger charge is -2.52. The van der Waals surface area contributed by atoms with Crippen LogP contribution in [0.3, 0.4) is 0 Å². The maximum absolute atomic E-state index is 6.62. The second kappa shape index (κ2) is 5.50. The Morgan fingerprint density at radius 3 is 2.11 bits per heavy atom. The Hall–Kier alpha value is -0.0800. The molecule has 1 saturated carbocycles. The first-order valence-corrected chi connectivity index (χ1v) is 7.88. The fraction of sp³-hybridized carbons (Fsp3) is 1.00. The van der Waals surface area contributed by atoms with Gasteiger partial charge in [0.2, 0.25) is 0 Å². The first-order chi connectivity index (χ1) is 8.45. The minimum atomic E-state index is -0.00905. The Morgan fingerprint density at radius 2 is 1.56 bits per heavy atom. The van der Waals surface area contributed by atoms with Crippen molar-refractivity contribution in [1.29, 1.82) is 0 Å². The quantitative estimate of drug-likeness (QED) is 0.759. The van der Waals surface area contributed by atoms with E-state index in [9.17, 15) is 0 Å². The topological polar surface area (TPSA) is 21.3 Å². The molecule has 2 aliphatic rings. The fourth-order valence-electron chi connectivity index (χ4n) is 3.74. The van der Waals surface area contributed by atoms with Crippen LogP contribution in [-0.2, 0) is 4.74 Å². The van der Waals surface area contributed by atoms with Crippen molar-refractivity contribution in [3.05, 3.63) is 0 Å². The van der Waals surface area contributed by atoms with Gasteiger partial charge in [0.25, 0.3) is 0 Å². The molecule has 0 radical (unpaired) electrons. The van der Waals surface area contributed by atoms with Crippen LogP contribution in [0.25, 0.3) is 0 Å². The predicted molar refractivity (Wildman–Crippen MR) is 76.5 cm³/mol. The Kier molecular flexibility index (Phi) is 4.38. The van der Waals surface area contributed by atoms with Gasteiger partial charge in [0, 0.05) is 12.0 Å². The molecule has 0 aromatic rings. The van der Waals surface area contributed by atoms with Crippen LogP contribution in [0.2, 0.25) is 0 Å². The number of nitrogens with one attached hydrogen (secondary N) is 1. The minimum absolute atomic E-state index is 0.00905. The van der Waals surface area contributed by atoms with Crippen molar-refractivity contribution < 1.29 is 4.74 Å². The predicted octanol–water partition coefficient (Wildman–Crippen LogP) is 4.10. The number of hydrogen-bond donors (Lipinski definition) is 1. The van der Waals surface area contributed by atoms with Crippen molar-refractivity contribution in [2.45, 2.75) is 84.5 Å². The summed E-state index contributed by atoms with van der Waals surface area (Å²) in [7, 11) is 0. The van der Waals surface area contributed by atoms with Gasteiger partial charge < -0.3 is 4.74 Å². The highest BCUT2D eigenvalue weighted by Gasteiger charge is 2.45. The van der Waals surface area contributed by atoms with Crippen molar-refractivity contribution in [3.8, 4) is 0 Å². The molecule has 1 atom stereocenters. The first-order valence-electron chi connectivity index (χ1n) is 7.88. The maximum atomic E-state index is 6.62. The van der Waals surface area contributed by atoms with E-state index >= 15 is 0 Å². The van der Waals surface area contributed by atoms with Gasteiger partial charge >= 0.3 is 0 Å². The lowest BCUT2D eigenvalue weighted by Crippen LogP contribution is -2.62. The third-order valence-corrected chi connectivity index (χ3v) is 4.76. The molecule has 1 aliphatic heterocycles. The molecule has 0 aromatic heterocycles. The minimum Gasteiger partial charge on any atom is -0.357 e. The summed E-state index contributed by atoms with van der Waals surface area (Å²) in [4.78, 5) is 0. The van der Waals surface area contributed by atoms with E-state index in [1.54, 1.807) is 0 Å². The molecule has 106 valence electrons. The second-order valence-corrected chi connectivity index (χ2v) is 7.39. The van der Waals surface area contributed by atoms with Crippen LogP contribution in [-0.4, -0.2) is 18.4 Å². The van der Waals surface area contributed by atoms with Gasteiger partial charge in [0.15, 0.2) is 0 Å². The molecule has 2 heteroatoms. The summed E-state index contributed by atoms with van der Waals surface area (Å²) in [5.74, 6) is 0.601. The van der Waals surface area contributed by atoms with Crippen LogP contribution in [0.1, 0.15) is 72.6 Å². The van der Waals surface area contributed by atoms with Crippen molar-refractivity contribution in [3.63, 3.8) is 0 Å². The van der Waals surface area contributed by atoms with Gasteiger partial charge in [-0.15, -0.1) is 0 Å². The summed E-state index contributed by atoms with van der Waals surface area (Å²) in [6.07, 6.45) is 9.59. The fourth-order valence-corrected chi connectivity index (χ4v) is 3.74. The summed E-state index contributed by atoms with van der Waals surface area (Å²) >= 11 is 0. The van der Waals surface area contributed by atoms with E-state index in [2.05, 4.69) is 33.0 Å². The van der Waals surface area contributed by atoms with Crippen molar-refractivity contribution in [1.82, 2.24) is 5.32 Å². The Labute approximate surface area is 113 Å². The van der Waals surface area contributed by atoms with E-state index in [1.165, 1.54) is 44.9 Å². The van der Waals surface area contributed by atoms with E-state index in [0.717, 1.165) is 6.54 Å². The zero-order chi connectivity index (χ0) is 13.2. The van der Waals surface area contributed by atoms with Crippen molar-refractivity contribution in [2.75, 3.05) is 6.54 Å². The molecular weight excluding hydrogens is 222 g/mol. The Morgan fingerprint density at radius 1 is 1.00 bits per heavy atom. The zero-order valence-corrected chi connectivity index (χ0v) is 12.7. The van der Waals surface area contributed by atoms with E-state index in [4.69, 9.17) is 4.74 Å². The number of rotatable bonds is 1. The largest absolute Gasteiger partial charge is 0.357 e. The molecule has 1 spiro atoms. The van der Waals surface area contributed by atoms with E-state index in [0.29, 0.717) is 12.0 Å². The molecule has 0 aromatic carbocycles. The van der Waals surface area contributed by atoms with Crippen LogP contribution in [0.4, 0.5) is 0 Å². The molecule has 2 fully saturated rings. The third kappa shape index (κ3) is 3.08. The molecule has 1 unspecified atom stereocenters. The molecule has 1 heterocycles. The lowest BCUT2D eigenvalue weighted by atomic mass is 9.77. The van der Waals surface area contributed by atoms with Gasteiger partial charge in [-0.3, -0.25) is 5.32 Å². The maximum Gasteiger partial charge on any atom is 0.119 e. The molecule has 2 rings (SSSR count). The van der Waals surface area contributed by atoms with Crippen molar-refractivity contribution >= 4 is 0 Å². The van der Waals surface area contributed by atoms with Gasteiger partial charge in [-0.2, -0.15) is 0 Å². The normalized spacial score (nSPS) is 32.2. The monoisotopic (exact) mass is 253 g/mol. The molecule has 1 saturated heterocycles. The summed E-state index contributed by atoms with van der Waals surface area (Å²) in [5, 5.41) is 3.76.